The number of rotatable bonds is 6. The standard InChI is InChI=1S/C16H22N2O2/c1-4-14(17)9-13-5-7-15(8-6-13)19-10-16-11(2)18-20-12(16)3/h5-8,14H,4,9-10,17H2,1-3H3. The van der Waals surface area contributed by atoms with E-state index in [0.29, 0.717) is 6.61 Å². The quantitative estimate of drug-likeness (QED) is 0.879. The fraction of sp³-hybridized carbons (Fsp3) is 0.438. The molecule has 0 amide bonds. The molecular weight excluding hydrogens is 252 g/mol. The zero-order chi connectivity index (χ0) is 14.5. The minimum Gasteiger partial charge on any atom is -0.489 e. The summed E-state index contributed by atoms with van der Waals surface area (Å²) in [6.45, 7) is 6.40. The van der Waals surface area contributed by atoms with Crippen LogP contribution in [0, 0.1) is 13.8 Å². The lowest BCUT2D eigenvalue weighted by molar-refractivity contribution is 0.301. The normalized spacial score (nSPS) is 12.4. The van der Waals surface area contributed by atoms with E-state index in [1.54, 1.807) is 0 Å². The van der Waals surface area contributed by atoms with Crippen molar-refractivity contribution in [2.24, 2.45) is 5.73 Å². The molecule has 0 aliphatic carbocycles. The van der Waals surface area contributed by atoms with Gasteiger partial charge in [-0.3, -0.25) is 0 Å². The number of aromatic nitrogens is 1. The van der Waals surface area contributed by atoms with E-state index in [-0.39, 0.29) is 6.04 Å². The minimum absolute atomic E-state index is 0.226. The molecule has 20 heavy (non-hydrogen) atoms. The van der Waals surface area contributed by atoms with Gasteiger partial charge in [0, 0.05) is 6.04 Å². The molecule has 0 spiro atoms. The summed E-state index contributed by atoms with van der Waals surface area (Å²) in [5.74, 6) is 1.66. The molecule has 0 aliphatic rings. The van der Waals surface area contributed by atoms with Gasteiger partial charge in [-0.05, 0) is 44.4 Å². The van der Waals surface area contributed by atoms with Gasteiger partial charge in [0.25, 0.3) is 0 Å². The van der Waals surface area contributed by atoms with Gasteiger partial charge in [-0.25, -0.2) is 0 Å². The van der Waals surface area contributed by atoms with Crippen LogP contribution in [0.5, 0.6) is 5.75 Å². The molecule has 1 unspecified atom stereocenters. The van der Waals surface area contributed by atoms with Crippen LogP contribution in [0.15, 0.2) is 28.8 Å². The maximum Gasteiger partial charge on any atom is 0.140 e. The molecule has 0 fully saturated rings. The van der Waals surface area contributed by atoms with Gasteiger partial charge in [0.15, 0.2) is 0 Å². The lowest BCUT2D eigenvalue weighted by Gasteiger charge is -2.10. The van der Waals surface area contributed by atoms with Crippen molar-refractivity contribution >= 4 is 0 Å². The molecule has 1 heterocycles. The van der Waals surface area contributed by atoms with Gasteiger partial charge in [-0.1, -0.05) is 24.2 Å². The lowest BCUT2D eigenvalue weighted by Crippen LogP contribution is -2.21. The Labute approximate surface area is 119 Å². The molecule has 1 aromatic heterocycles. The first kappa shape index (κ1) is 14.6. The number of ether oxygens (including phenoxy) is 1. The van der Waals surface area contributed by atoms with Crippen molar-refractivity contribution in [1.29, 1.82) is 0 Å². The van der Waals surface area contributed by atoms with Crippen LogP contribution in [0.4, 0.5) is 0 Å². The van der Waals surface area contributed by atoms with Crippen LogP contribution in [0.1, 0.15) is 35.9 Å². The van der Waals surface area contributed by atoms with Crippen molar-refractivity contribution in [3.63, 3.8) is 0 Å². The second-order valence-corrected chi connectivity index (χ2v) is 5.11. The zero-order valence-electron chi connectivity index (χ0n) is 12.3. The predicted molar refractivity (Wildman–Crippen MR) is 78.7 cm³/mol. The van der Waals surface area contributed by atoms with Crippen molar-refractivity contribution in [2.75, 3.05) is 0 Å². The van der Waals surface area contributed by atoms with Gasteiger partial charge in [-0.2, -0.15) is 0 Å². The second kappa shape index (κ2) is 6.57. The summed E-state index contributed by atoms with van der Waals surface area (Å²) in [7, 11) is 0. The summed E-state index contributed by atoms with van der Waals surface area (Å²) in [5.41, 5.74) is 9.09. The van der Waals surface area contributed by atoms with Gasteiger partial charge < -0.3 is 15.0 Å². The molecule has 1 aromatic carbocycles. The Bertz CT molecular complexity index is 527. The van der Waals surface area contributed by atoms with Crippen LogP contribution in [-0.2, 0) is 13.0 Å². The molecule has 0 radical (unpaired) electrons. The van der Waals surface area contributed by atoms with E-state index >= 15 is 0 Å². The minimum atomic E-state index is 0.226. The van der Waals surface area contributed by atoms with E-state index in [1.807, 2.05) is 26.0 Å². The molecular formula is C16H22N2O2. The van der Waals surface area contributed by atoms with Gasteiger partial charge in [0.1, 0.15) is 18.1 Å². The molecule has 4 heteroatoms. The Morgan fingerprint density at radius 1 is 1.25 bits per heavy atom. The average molecular weight is 274 g/mol. The van der Waals surface area contributed by atoms with Crippen LogP contribution in [0.2, 0.25) is 0 Å². The smallest absolute Gasteiger partial charge is 0.140 e. The van der Waals surface area contributed by atoms with Crippen LogP contribution in [-0.4, -0.2) is 11.2 Å². The molecule has 0 bridgehead atoms. The molecule has 0 saturated carbocycles. The molecule has 4 nitrogen and oxygen atoms in total. The van der Waals surface area contributed by atoms with E-state index in [4.69, 9.17) is 15.0 Å². The third kappa shape index (κ3) is 3.61. The van der Waals surface area contributed by atoms with Crippen molar-refractivity contribution in [3.05, 3.63) is 46.8 Å². The summed E-state index contributed by atoms with van der Waals surface area (Å²) in [6.07, 6.45) is 1.89. The van der Waals surface area contributed by atoms with Gasteiger partial charge in [0.05, 0.1) is 11.3 Å². The number of nitrogens with zero attached hydrogens (tertiary/aromatic N) is 1. The van der Waals surface area contributed by atoms with E-state index in [0.717, 1.165) is 35.6 Å². The first-order valence-electron chi connectivity index (χ1n) is 6.99. The number of hydrogen-bond donors (Lipinski definition) is 1. The highest BCUT2D eigenvalue weighted by Crippen LogP contribution is 2.18. The molecule has 2 N–H and O–H groups in total. The Kier molecular flexibility index (Phi) is 4.79. The molecule has 2 rings (SSSR count). The number of aryl methyl sites for hydroxylation is 2. The van der Waals surface area contributed by atoms with Crippen molar-refractivity contribution in [3.8, 4) is 5.75 Å². The second-order valence-electron chi connectivity index (χ2n) is 5.11. The lowest BCUT2D eigenvalue weighted by atomic mass is 10.0. The fourth-order valence-electron chi connectivity index (χ4n) is 2.03. The van der Waals surface area contributed by atoms with Crippen molar-refractivity contribution in [1.82, 2.24) is 5.16 Å². The van der Waals surface area contributed by atoms with E-state index in [1.165, 1.54) is 5.56 Å². The van der Waals surface area contributed by atoms with Crippen LogP contribution >= 0.6 is 0 Å². The summed E-state index contributed by atoms with van der Waals surface area (Å²) in [5, 5.41) is 3.92. The predicted octanol–water partition coefficient (Wildman–Crippen LogP) is 3.15. The molecule has 2 aromatic rings. The van der Waals surface area contributed by atoms with E-state index < -0.39 is 0 Å². The number of benzene rings is 1. The average Bonchev–Trinajstić information content (AvgIpc) is 2.77. The van der Waals surface area contributed by atoms with Crippen LogP contribution in [0.25, 0.3) is 0 Å². The van der Waals surface area contributed by atoms with Gasteiger partial charge in [0.2, 0.25) is 0 Å². The Balaban J connectivity index is 1.94. The van der Waals surface area contributed by atoms with Crippen molar-refractivity contribution < 1.29 is 9.26 Å². The summed E-state index contributed by atoms with van der Waals surface area (Å²) in [4.78, 5) is 0. The molecule has 108 valence electrons. The molecule has 0 saturated heterocycles. The highest BCUT2D eigenvalue weighted by molar-refractivity contribution is 5.28. The van der Waals surface area contributed by atoms with Gasteiger partial charge >= 0.3 is 0 Å². The third-order valence-electron chi connectivity index (χ3n) is 3.51. The first-order chi connectivity index (χ1) is 9.60. The maximum absolute atomic E-state index is 5.95. The van der Waals surface area contributed by atoms with Crippen molar-refractivity contribution in [2.45, 2.75) is 46.3 Å². The first-order valence-corrected chi connectivity index (χ1v) is 6.99. The zero-order valence-corrected chi connectivity index (χ0v) is 12.3. The summed E-state index contributed by atoms with van der Waals surface area (Å²) < 4.78 is 10.9. The highest BCUT2D eigenvalue weighted by Gasteiger charge is 2.09. The topological polar surface area (TPSA) is 61.3 Å². The van der Waals surface area contributed by atoms with Gasteiger partial charge in [-0.15, -0.1) is 0 Å². The van der Waals surface area contributed by atoms with Crippen LogP contribution < -0.4 is 10.5 Å². The number of nitrogens with two attached hydrogens (primary N) is 1. The monoisotopic (exact) mass is 274 g/mol. The Morgan fingerprint density at radius 2 is 1.95 bits per heavy atom. The fourth-order valence-corrected chi connectivity index (χ4v) is 2.03. The Morgan fingerprint density at radius 3 is 2.50 bits per heavy atom. The summed E-state index contributed by atoms with van der Waals surface area (Å²) >= 11 is 0. The van der Waals surface area contributed by atoms with E-state index in [2.05, 4.69) is 24.2 Å². The van der Waals surface area contributed by atoms with Crippen LogP contribution in [0.3, 0.4) is 0 Å². The SMILES string of the molecule is CCC(N)Cc1ccc(OCc2c(C)noc2C)cc1. The summed E-state index contributed by atoms with van der Waals surface area (Å²) in [6, 6.07) is 8.33. The molecule has 1 atom stereocenters. The third-order valence-corrected chi connectivity index (χ3v) is 3.51. The Hall–Kier alpha value is -1.81. The largest absolute Gasteiger partial charge is 0.489 e. The maximum atomic E-state index is 5.95. The number of hydrogen-bond acceptors (Lipinski definition) is 4. The molecule has 0 aliphatic heterocycles. The highest BCUT2D eigenvalue weighted by atomic mass is 16.5. The van der Waals surface area contributed by atoms with E-state index in [9.17, 15) is 0 Å².